The van der Waals surface area contributed by atoms with Crippen molar-refractivity contribution in [3.8, 4) is 0 Å². The van der Waals surface area contributed by atoms with Crippen LogP contribution in [0.3, 0.4) is 0 Å². The molecule has 0 saturated heterocycles. The largest absolute Gasteiger partial charge is 0.357 e. The van der Waals surface area contributed by atoms with Gasteiger partial charge in [0.15, 0.2) is 5.96 Å². The molecule has 0 fully saturated rings. The van der Waals surface area contributed by atoms with Crippen LogP contribution < -0.4 is 16.0 Å². The summed E-state index contributed by atoms with van der Waals surface area (Å²) >= 11 is 1.66. The van der Waals surface area contributed by atoms with Crippen molar-refractivity contribution < 1.29 is 4.79 Å². The van der Waals surface area contributed by atoms with Crippen molar-refractivity contribution in [2.45, 2.75) is 46.7 Å². The first-order chi connectivity index (χ1) is 12.5. The van der Waals surface area contributed by atoms with Crippen LogP contribution in [0.15, 0.2) is 34.6 Å². The van der Waals surface area contributed by atoms with Crippen molar-refractivity contribution in [2.75, 3.05) is 11.9 Å². The summed E-state index contributed by atoms with van der Waals surface area (Å²) < 4.78 is 0. The number of thiazole rings is 1. The van der Waals surface area contributed by atoms with Crippen LogP contribution in [0.4, 0.5) is 5.69 Å². The van der Waals surface area contributed by atoms with Crippen LogP contribution in [0, 0.1) is 0 Å². The second-order valence-corrected chi connectivity index (χ2v) is 7.19. The number of benzene rings is 1. The number of carbonyl (C=O) groups is 1. The third-order valence-electron chi connectivity index (χ3n) is 3.58. The third kappa shape index (κ3) is 8.25. The van der Waals surface area contributed by atoms with Crippen LogP contribution in [-0.4, -0.2) is 23.4 Å². The van der Waals surface area contributed by atoms with E-state index in [1.165, 1.54) is 6.92 Å². The number of halogens is 1. The minimum absolute atomic E-state index is 0. The van der Waals surface area contributed by atoms with Crippen molar-refractivity contribution in [1.29, 1.82) is 0 Å². The van der Waals surface area contributed by atoms with Gasteiger partial charge in [0.2, 0.25) is 5.91 Å². The summed E-state index contributed by atoms with van der Waals surface area (Å²) in [5, 5.41) is 12.5. The predicted molar refractivity (Wildman–Crippen MR) is 124 cm³/mol. The van der Waals surface area contributed by atoms with Crippen LogP contribution in [0.25, 0.3) is 0 Å². The molecule has 2 rings (SSSR count). The molecule has 6 nitrogen and oxygen atoms in total. The topological polar surface area (TPSA) is 78.4 Å². The van der Waals surface area contributed by atoms with Gasteiger partial charge in [-0.05, 0) is 30.5 Å². The lowest BCUT2D eigenvalue weighted by Crippen LogP contribution is -2.36. The number of nitrogens with one attached hydrogen (secondary N) is 3. The summed E-state index contributed by atoms with van der Waals surface area (Å²) in [5.74, 6) is 1.11. The van der Waals surface area contributed by atoms with Gasteiger partial charge >= 0.3 is 0 Å². The lowest BCUT2D eigenvalue weighted by Gasteiger charge is -2.10. The smallest absolute Gasteiger partial charge is 0.221 e. The Balaban J connectivity index is 0.00000364. The Hall–Kier alpha value is -1.68. The maximum atomic E-state index is 11.2. The van der Waals surface area contributed by atoms with Gasteiger partial charge in [0, 0.05) is 24.5 Å². The predicted octanol–water partition coefficient (Wildman–Crippen LogP) is 4.10. The van der Waals surface area contributed by atoms with Crippen molar-refractivity contribution in [3.05, 3.63) is 45.9 Å². The second-order valence-electron chi connectivity index (χ2n) is 6.25. The van der Waals surface area contributed by atoms with E-state index >= 15 is 0 Å². The molecule has 0 aliphatic heterocycles. The van der Waals surface area contributed by atoms with E-state index in [0.717, 1.165) is 34.5 Å². The summed E-state index contributed by atoms with van der Waals surface area (Å²) in [7, 11) is 0. The molecule has 148 valence electrons. The summed E-state index contributed by atoms with van der Waals surface area (Å²) in [5.41, 5.74) is 2.94. The minimum Gasteiger partial charge on any atom is -0.357 e. The van der Waals surface area contributed by atoms with Gasteiger partial charge in [-0.3, -0.25) is 4.79 Å². The van der Waals surface area contributed by atoms with Gasteiger partial charge in [-0.1, -0.05) is 26.0 Å². The first-order valence-corrected chi connectivity index (χ1v) is 9.69. The number of nitrogens with zero attached hydrogens (tertiary/aromatic N) is 2. The van der Waals surface area contributed by atoms with E-state index in [9.17, 15) is 4.79 Å². The molecule has 1 amide bonds. The van der Waals surface area contributed by atoms with Crippen LogP contribution >= 0.6 is 35.3 Å². The zero-order valence-electron chi connectivity index (χ0n) is 16.2. The number of guanidine groups is 1. The van der Waals surface area contributed by atoms with Crippen molar-refractivity contribution in [3.63, 3.8) is 0 Å². The quantitative estimate of drug-likeness (QED) is 0.303. The van der Waals surface area contributed by atoms with Gasteiger partial charge < -0.3 is 16.0 Å². The number of aliphatic imine (C=N–C) groups is 1. The SMILES string of the molecule is CCNC(=NCc1cccc(NC(C)=O)c1)NCc1nc(C(C)C)cs1.I. The zero-order chi connectivity index (χ0) is 18.9. The second kappa shape index (κ2) is 11.9. The lowest BCUT2D eigenvalue weighted by molar-refractivity contribution is -0.114. The number of hydrogen-bond donors (Lipinski definition) is 3. The Labute approximate surface area is 182 Å². The summed E-state index contributed by atoms with van der Waals surface area (Å²) in [6.07, 6.45) is 0. The molecule has 1 aromatic heterocycles. The fourth-order valence-electron chi connectivity index (χ4n) is 2.29. The average molecular weight is 501 g/mol. The third-order valence-corrected chi connectivity index (χ3v) is 4.45. The first kappa shape index (κ1) is 23.4. The first-order valence-electron chi connectivity index (χ1n) is 8.81. The van der Waals surface area contributed by atoms with Gasteiger partial charge in [0.25, 0.3) is 0 Å². The van der Waals surface area contributed by atoms with Crippen LogP contribution in [0.5, 0.6) is 0 Å². The molecule has 1 aromatic carbocycles. The van der Waals surface area contributed by atoms with Gasteiger partial charge in [-0.15, -0.1) is 35.3 Å². The van der Waals surface area contributed by atoms with Gasteiger partial charge in [-0.25, -0.2) is 9.98 Å². The van der Waals surface area contributed by atoms with Gasteiger partial charge in [-0.2, -0.15) is 0 Å². The van der Waals surface area contributed by atoms with E-state index < -0.39 is 0 Å². The molecule has 0 unspecified atom stereocenters. The standard InChI is InChI=1S/C19H27N5OS.HI/c1-5-20-19(22-11-18-24-17(12-26-18)13(2)3)21-10-15-7-6-8-16(9-15)23-14(4)25;/h6-9,12-13H,5,10-11H2,1-4H3,(H,23,25)(H2,20,21,22);1H. The molecule has 0 saturated carbocycles. The summed E-state index contributed by atoms with van der Waals surface area (Å²) in [6, 6.07) is 7.71. The molecule has 0 aliphatic carbocycles. The molecule has 0 spiro atoms. The number of carbonyl (C=O) groups excluding carboxylic acids is 1. The monoisotopic (exact) mass is 501 g/mol. The van der Waals surface area contributed by atoms with Crippen LogP contribution in [0.2, 0.25) is 0 Å². The Morgan fingerprint density at radius 1 is 1.30 bits per heavy atom. The number of aromatic nitrogens is 1. The number of rotatable bonds is 7. The van der Waals surface area contributed by atoms with E-state index in [-0.39, 0.29) is 29.9 Å². The molecule has 0 radical (unpaired) electrons. The van der Waals surface area contributed by atoms with Crippen LogP contribution in [-0.2, 0) is 17.9 Å². The normalized spacial score (nSPS) is 11.1. The van der Waals surface area contributed by atoms with E-state index in [4.69, 9.17) is 0 Å². The van der Waals surface area contributed by atoms with E-state index in [2.05, 4.69) is 45.2 Å². The molecule has 0 bridgehead atoms. The summed E-state index contributed by atoms with van der Waals surface area (Å²) in [6.45, 7) is 9.79. The molecule has 0 aliphatic rings. The number of hydrogen-bond acceptors (Lipinski definition) is 4. The van der Waals surface area contributed by atoms with Crippen LogP contribution in [0.1, 0.15) is 49.9 Å². The molecule has 27 heavy (non-hydrogen) atoms. The minimum atomic E-state index is -0.0788. The average Bonchev–Trinajstić information content (AvgIpc) is 3.06. The number of amides is 1. The Morgan fingerprint density at radius 2 is 2.07 bits per heavy atom. The maximum absolute atomic E-state index is 11.2. The lowest BCUT2D eigenvalue weighted by atomic mass is 10.2. The highest BCUT2D eigenvalue weighted by atomic mass is 127. The molecule has 0 atom stereocenters. The Kier molecular flexibility index (Phi) is 10.3. The van der Waals surface area contributed by atoms with Crippen molar-refractivity contribution in [1.82, 2.24) is 15.6 Å². The van der Waals surface area contributed by atoms with Crippen molar-refractivity contribution in [2.24, 2.45) is 4.99 Å². The maximum Gasteiger partial charge on any atom is 0.221 e. The zero-order valence-corrected chi connectivity index (χ0v) is 19.4. The molecule has 2 aromatic rings. The molecule has 8 heteroatoms. The summed E-state index contributed by atoms with van der Waals surface area (Å²) in [4.78, 5) is 20.4. The van der Waals surface area contributed by atoms with Gasteiger partial charge in [0.05, 0.1) is 18.8 Å². The highest BCUT2D eigenvalue weighted by Crippen LogP contribution is 2.17. The molecular weight excluding hydrogens is 473 g/mol. The Bertz CT molecular complexity index is 760. The highest BCUT2D eigenvalue weighted by molar-refractivity contribution is 14.0. The van der Waals surface area contributed by atoms with E-state index in [1.807, 2.05) is 31.2 Å². The van der Waals surface area contributed by atoms with E-state index in [1.54, 1.807) is 11.3 Å². The van der Waals surface area contributed by atoms with Gasteiger partial charge in [0.1, 0.15) is 5.01 Å². The molecular formula is C19H28IN5OS. The van der Waals surface area contributed by atoms with E-state index in [0.29, 0.717) is 19.0 Å². The fraction of sp³-hybridized carbons (Fsp3) is 0.421. The highest BCUT2D eigenvalue weighted by Gasteiger charge is 2.06. The molecule has 1 heterocycles. The fourth-order valence-corrected chi connectivity index (χ4v) is 3.19. The molecule has 3 N–H and O–H groups in total. The van der Waals surface area contributed by atoms with Crippen molar-refractivity contribution >= 4 is 52.9 Å². The number of anilines is 1. The Morgan fingerprint density at radius 3 is 2.70 bits per heavy atom.